The zero-order valence-electron chi connectivity index (χ0n) is 21.1. The number of hydrogen-bond acceptors (Lipinski definition) is 3. The summed E-state index contributed by atoms with van der Waals surface area (Å²) in [6, 6.07) is 4.03. The minimum Gasteiger partial charge on any atom is -0.467 e. The Morgan fingerprint density at radius 2 is 1.34 bits per heavy atom. The van der Waals surface area contributed by atoms with Gasteiger partial charge in [0.15, 0.2) is 16.6 Å². The molecule has 0 bridgehead atoms. The monoisotopic (exact) mass is 440 g/mol. The molecule has 2 atom stereocenters. The van der Waals surface area contributed by atoms with Crippen LogP contribution in [-0.2, 0) is 8.85 Å². The molecule has 0 aliphatic heterocycles. The highest BCUT2D eigenvalue weighted by Gasteiger charge is 2.40. The lowest BCUT2D eigenvalue weighted by Crippen LogP contribution is -2.43. The molecule has 0 saturated carbocycles. The number of rotatable bonds is 11. The fourth-order valence-electron chi connectivity index (χ4n) is 2.94. The predicted octanol–water partition coefficient (Wildman–Crippen LogP) is 8.70. The number of furan rings is 1. The average molecular weight is 441 g/mol. The van der Waals surface area contributed by atoms with Gasteiger partial charge in [0.05, 0.1) is 6.26 Å². The van der Waals surface area contributed by atoms with Gasteiger partial charge in [-0.2, -0.15) is 0 Å². The van der Waals surface area contributed by atoms with Crippen LogP contribution in [0.4, 0.5) is 0 Å². The average Bonchev–Trinajstić information content (AvgIpc) is 3.04. The summed E-state index contributed by atoms with van der Waals surface area (Å²) in [4.78, 5) is 0. The van der Waals surface area contributed by atoms with E-state index in [2.05, 4.69) is 80.7 Å². The van der Waals surface area contributed by atoms with E-state index in [9.17, 15) is 0 Å². The molecule has 0 aromatic carbocycles. The Morgan fingerprint density at radius 1 is 0.828 bits per heavy atom. The SMILES string of the molecule is CC(CCCCC[C@H](O[Si](C)(C)C(C)(C)C)c1ccco1)O[Si](C)(C)C(C)(C)C. The molecule has 0 saturated heterocycles. The van der Waals surface area contributed by atoms with Crippen molar-refractivity contribution in [1.29, 1.82) is 0 Å². The summed E-state index contributed by atoms with van der Waals surface area (Å²) in [6.07, 6.45) is 7.93. The van der Waals surface area contributed by atoms with E-state index in [-0.39, 0.29) is 16.2 Å². The molecule has 0 amide bonds. The van der Waals surface area contributed by atoms with E-state index in [1.165, 1.54) is 12.8 Å². The van der Waals surface area contributed by atoms with E-state index in [0.717, 1.165) is 25.0 Å². The van der Waals surface area contributed by atoms with Gasteiger partial charge in [-0.15, -0.1) is 0 Å². The highest BCUT2D eigenvalue weighted by Crippen LogP contribution is 2.41. The molecule has 170 valence electrons. The molecule has 0 radical (unpaired) electrons. The van der Waals surface area contributed by atoms with E-state index in [1.54, 1.807) is 6.26 Å². The van der Waals surface area contributed by atoms with Crippen LogP contribution in [0.25, 0.3) is 0 Å². The quantitative estimate of drug-likeness (QED) is 0.255. The van der Waals surface area contributed by atoms with Crippen molar-refractivity contribution >= 4 is 16.6 Å². The molecule has 1 heterocycles. The largest absolute Gasteiger partial charge is 0.467 e. The third-order valence-electron chi connectivity index (χ3n) is 6.98. The molecule has 1 aromatic heterocycles. The Hall–Kier alpha value is -0.366. The first-order chi connectivity index (χ1) is 13.1. The maximum Gasteiger partial charge on any atom is 0.193 e. The van der Waals surface area contributed by atoms with Gasteiger partial charge in [-0.25, -0.2) is 0 Å². The minimum absolute atomic E-state index is 0.0757. The van der Waals surface area contributed by atoms with Gasteiger partial charge in [-0.05, 0) is 68.2 Å². The fourth-order valence-corrected chi connectivity index (χ4v) is 5.72. The summed E-state index contributed by atoms with van der Waals surface area (Å²) in [5.74, 6) is 0.976. The zero-order chi connectivity index (χ0) is 22.5. The van der Waals surface area contributed by atoms with Crippen LogP contribution < -0.4 is 0 Å². The molecule has 1 aromatic rings. The molecule has 0 aliphatic rings. The molecule has 0 spiro atoms. The predicted molar refractivity (Wildman–Crippen MR) is 131 cm³/mol. The van der Waals surface area contributed by atoms with Crippen LogP contribution in [-0.4, -0.2) is 22.7 Å². The maximum absolute atomic E-state index is 6.70. The van der Waals surface area contributed by atoms with Gasteiger partial charge in [0.2, 0.25) is 0 Å². The smallest absolute Gasteiger partial charge is 0.193 e. The first-order valence-corrected chi connectivity index (χ1v) is 17.3. The molecule has 0 aliphatic carbocycles. The number of hydrogen-bond donors (Lipinski definition) is 0. The van der Waals surface area contributed by atoms with Gasteiger partial charge in [0.25, 0.3) is 0 Å². The van der Waals surface area contributed by atoms with E-state index >= 15 is 0 Å². The molecule has 29 heavy (non-hydrogen) atoms. The van der Waals surface area contributed by atoms with Crippen molar-refractivity contribution < 1.29 is 13.3 Å². The Bertz CT molecular complexity index is 580. The summed E-state index contributed by atoms with van der Waals surface area (Å²) in [5.41, 5.74) is 0. The lowest BCUT2D eigenvalue weighted by Gasteiger charge is -2.39. The third kappa shape index (κ3) is 8.35. The van der Waals surface area contributed by atoms with Crippen LogP contribution in [0.15, 0.2) is 22.8 Å². The van der Waals surface area contributed by atoms with Crippen LogP contribution in [0.5, 0.6) is 0 Å². The second kappa shape index (κ2) is 10.3. The Balaban J connectivity index is 2.50. The highest BCUT2D eigenvalue weighted by molar-refractivity contribution is 6.74. The Labute approximate surface area is 183 Å². The van der Waals surface area contributed by atoms with E-state index in [1.807, 2.05) is 6.07 Å². The third-order valence-corrected chi connectivity index (χ3v) is 16.1. The van der Waals surface area contributed by atoms with Crippen molar-refractivity contribution in [1.82, 2.24) is 0 Å². The van der Waals surface area contributed by atoms with Crippen molar-refractivity contribution in [3.63, 3.8) is 0 Å². The summed E-state index contributed by atoms with van der Waals surface area (Å²) in [7, 11) is -3.49. The van der Waals surface area contributed by atoms with Gasteiger partial charge in [-0.3, -0.25) is 0 Å². The second-order valence-corrected chi connectivity index (χ2v) is 21.2. The van der Waals surface area contributed by atoms with Crippen LogP contribution in [0.2, 0.25) is 36.3 Å². The van der Waals surface area contributed by atoms with Crippen LogP contribution >= 0.6 is 0 Å². The first-order valence-electron chi connectivity index (χ1n) is 11.5. The minimum atomic E-state index is -1.83. The van der Waals surface area contributed by atoms with Gasteiger partial charge >= 0.3 is 0 Å². The van der Waals surface area contributed by atoms with Gasteiger partial charge < -0.3 is 13.3 Å². The Morgan fingerprint density at radius 3 is 1.83 bits per heavy atom. The van der Waals surface area contributed by atoms with Crippen LogP contribution in [0.1, 0.15) is 92.4 Å². The van der Waals surface area contributed by atoms with E-state index in [4.69, 9.17) is 13.3 Å². The normalized spacial score (nSPS) is 16.1. The van der Waals surface area contributed by atoms with Gasteiger partial charge in [-0.1, -0.05) is 60.8 Å². The molecule has 3 nitrogen and oxygen atoms in total. The van der Waals surface area contributed by atoms with E-state index < -0.39 is 16.6 Å². The van der Waals surface area contributed by atoms with Gasteiger partial charge in [0, 0.05) is 6.10 Å². The van der Waals surface area contributed by atoms with Crippen molar-refractivity contribution in [3.8, 4) is 0 Å². The summed E-state index contributed by atoms with van der Waals surface area (Å²) < 4.78 is 18.9. The molecular formula is C24H48O3Si2. The van der Waals surface area contributed by atoms with Crippen molar-refractivity contribution in [2.24, 2.45) is 0 Å². The van der Waals surface area contributed by atoms with Crippen LogP contribution in [0.3, 0.4) is 0 Å². The lowest BCUT2D eigenvalue weighted by atomic mass is 10.1. The molecule has 1 rings (SSSR count). The topological polar surface area (TPSA) is 31.6 Å². The molecule has 1 unspecified atom stereocenters. The summed E-state index contributed by atoms with van der Waals surface area (Å²) >= 11 is 0. The van der Waals surface area contributed by atoms with Crippen molar-refractivity contribution in [3.05, 3.63) is 24.2 Å². The molecule has 5 heteroatoms. The fraction of sp³-hybridized carbons (Fsp3) is 0.833. The molecular weight excluding hydrogens is 392 g/mol. The van der Waals surface area contributed by atoms with Crippen molar-refractivity contribution in [2.45, 2.75) is 129 Å². The first kappa shape index (κ1) is 26.7. The second-order valence-electron chi connectivity index (χ2n) is 11.7. The summed E-state index contributed by atoms with van der Waals surface area (Å²) in [6.45, 7) is 25.4. The summed E-state index contributed by atoms with van der Waals surface area (Å²) in [5, 5.41) is 0.479. The lowest BCUT2D eigenvalue weighted by molar-refractivity contribution is 0.143. The maximum atomic E-state index is 6.70. The highest BCUT2D eigenvalue weighted by atomic mass is 28.4. The standard InChI is InChI=1S/C24H48O3Si2/c1-20(26-28(8,9)23(2,3)4)16-13-12-14-17-22(21-18-15-19-25-21)27-29(10,11)24(5,6)7/h15,18-20,22H,12-14,16-17H2,1-11H3/t20?,22-/m0/s1. The Kier molecular flexibility index (Phi) is 9.47. The van der Waals surface area contributed by atoms with Crippen LogP contribution in [0, 0.1) is 0 Å². The zero-order valence-corrected chi connectivity index (χ0v) is 23.1. The van der Waals surface area contributed by atoms with Crippen molar-refractivity contribution in [2.75, 3.05) is 0 Å². The molecule has 0 fully saturated rings. The van der Waals surface area contributed by atoms with Gasteiger partial charge in [0.1, 0.15) is 11.9 Å². The van der Waals surface area contributed by atoms with E-state index in [0.29, 0.717) is 6.10 Å². The molecule has 0 N–H and O–H groups in total. The number of unbranched alkanes of at least 4 members (excludes halogenated alkanes) is 2.